The van der Waals surface area contributed by atoms with Crippen molar-refractivity contribution in [3.8, 4) is 0 Å². The van der Waals surface area contributed by atoms with Crippen LogP contribution in [-0.4, -0.2) is 69.2 Å². The summed E-state index contributed by atoms with van der Waals surface area (Å²) in [5.74, 6) is 0. The molecule has 0 aliphatic rings. The molecule has 5 heteroatoms. The van der Waals surface area contributed by atoms with Crippen LogP contribution in [0.3, 0.4) is 0 Å². The second-order valence-corrected chi connectivity index (χ2v) is 4.71. The second-order valence-electron chi connectivity index (χ2n) is 4.71. The summed E-state index contributed by atoms with van der Waals surface area (Å²) in [4.78, 5) is 2.29. The van der Waals surface area contributed by atoms with Gasteiger partial charge in [0.1, 0.15) is 0 Å². The zero-order valence-electron chi connectivity index (χ0n) is 12.2. The molecule has 18 heavy (non-hydrogen) atoms. The minimum absolute atomic E-state index is 0.333. The molecule has 1 unspecified atom stereocenters. The molecule has 0 fully saturated rings. The van der Waals surface area contributed by atoms with Crippen LogP contribution in [0, 0.1) is 0 Å². The minimum Gasteiger partial charge on any atom is -0.389 e. The van der Waals surface area contributed by atoms with Gasteiger partial charge in [-0.05, 0) is 25.8 Å². The van der Waals surface area contributed by atoms with Crippen molar-refractivity contribution in [2.24, 2.45) is 5.73 Å². The fraction of sp³-hybridized carbons (Fsp3) is 1.00. The van der Waals surface area contributed by atoms with Gasteiger partial charge in [-0.2, -0.15) is 0 Å². The van der Waals surface area contributed by atoms with Crippen molar-refractivity contribution >= 4 is 0 Å². The quantitative estimate of drug-likeness (QED) is 0.535. The van der Waals surface area contributed by atoms with Crippen LogP contribution in [0.1, 0.15) is 26.2 Å². The van der Waals surface area contributed by atoms with Gasteiger partial charge in [-0.15, -0.1) is 0 Å². The van der Waals surface area contributed by atoms with Gasteiger partial charge in [0, 0.05) is 33.9 Å². The summed E-state index contributed by atoms with van der Waals surface area (Å²) in [5, 5.41) is 10.1. The number of hydrogen-bond acceptors (Lipinski definition) is 5. The van der Waals surface area contributed by atoms with Gasteiger partial charge in [0.2, 0.25) is 0 Å². The lowest BCUT2D eigenvalue weighted by molar-refractivity contribution is 0.0297. The van der Waals surface area contributed by atoms with Crippen molar-refractivity contribution in [3.63, 3.8) is 0 Å². The van der Waals surface area contributed by atoms with E-state index in [9.17, 15) is 5.11 Å². The monoisotopic (exact) mass is 262 g/mol. The second kappa shape index (κ2) is 10.7. The van der Waals surface area contributed by atoms with Crippen molar-refractivity contribution in [3.05, 3.63) is 0 Å². The molecule has 0 spiro atoms. The maximum absolute atomic E-state index is 10.1. The Balaban J connectivity index is 3.93. The Bertz CT molecular complexity index is 179. The standard InChI is InChI=1S/C13H30N2O3/c1-4-13(16,12-14)6-5-7-15(8-10-17-2)9-11-18-3/h16H,4-12,14H2,1-3H3. The smallest absolute Gasteiger partial charge is 0.0767 e. The molecule has 0 aliphatic heterocycles. The van der Waals surface area contributed by atoms with Crippen LogP contribution in [0.15, 0.2) is 0 Å². The average Bonchev–Trinajstić information content (AvgIpc) is 2.40. The van der Waals surface area contributed by atoms with Gasteiger partial charge in [0.05, 0.1) is 18.8 Å². The largest absolute Gasteiger partial charge is 0.389 e. The lowest BCUT2D eigenvalue weighted by Crippen LogP contribution is -2.38. The van der Waals surface area contributed by atoms with Crippen LogP contribution < -0.4 is 5.73 Å². The molecule has 0 heterocycles. The number of methoxy groups -OCH3 is 2. The van der Waals surface area contributed by atoms with Crippen molar-refractivity contribution in [1.82, 2.24) is 4.90 Å². The SMILES string of the molecule is CCC(O)(CN)CCCN(CCOC)CCOC. The number of ether oxygens (including phenoxy) is 2. The molecule has 5 nitrogen and oxygen atoms in total. The predicted molar refractivity (Wildman–Crippen MR) is 73.7 cm³/mol. The van der Waals surface area contributed by atoms with Crippen LogP contribution in [0.25, 0.3) is 0 Å². The molecule has 3 N–H and O–H groups in total. The van der Waals surface area contributed by atoms with E-state index in [0.717, 1.165) is 45.7 Å². The van der Waals surface area contributed by atoms with E-state index in [1.54, 1.807) is 14.2 Å². The summed E-state index contributed by atoms with van der Waals surface area (Å²) < 4.78 is 10.2. The van der Waals surface area contributed by atoms with E-state index in [1.165, 1.54) is 0 Å². The maximum atomic E-state index is 10.1. The number of rotatable bonds is 12. The first-order valence-electron chi connectivity index (χ1n) is 6.74. The molecule has 0 saturated carbocycles. The van der Waals surface area contributed by atoms with Crippen molar-refractivity contribution in [2.45, 2.75) is 31.8 Å². The number of nitrogens with two attached hydrogens (primary N) is 1. The van der Waals surface area contributed by atoms with E-state index in [4.69, 9.17) is 15.2 Å². The third kappa shape index (κ3) is 8.00. The molecule has 110 valence electrons. The summed E-state index contributed by atoms with van der Waals surface area (Å²) in [6, 6.07) is 0. The Hall–Kier alpha value is -0.200. The van der Waals surface area contributed by atoms with Gasteiger partial charge < -0.3 is 20.3 Å². The first-order valence-corrected chi connectivity index (χ1v) is 6.74. The minimum atomic E-state index is -0.700. The fourth-order valence-electron chi connectivity index (χ4n) is 1.83. The molecule has 0 aromatic carbocycles. The molecule has 0 saturated heterocycles. The van der Waals surface area contributed by atoms with E-state index in [-0.39, 0.29) is 0 Å². The Kier molecular flexibility index (Phi) is 10.6. The molecular formula is C13H30N2O3. The molecule has 0 amide bonds. The Labute approximate surface area is 111 Å². The van der Waals surface area contributed by atoms with Gasteiger partial charge in [-0.1, -0.05) is 6.92 Å². The predicted octanol–water partition coefficient (Wildman–Crippen LogP) is 0.461. The van der Waals surface area contributed by atoms with E-state index in [1.807, 2.05) is 6.92 Å². The first-order chi connectivity index (χ1) is 8.61. The third-order valence-corrected chi connectivity index (χ3v) is 3.38. The summed E-state index contributed by atoms with van der Waals surface area (Å²) in [5.41, 5.74) is 4.89. The maximum Gasteiger partial charge on any atom is 0.0767 e. The highest BCUT2D eigenvalue weighted by atomic mass is 16.5. The molecule has 0 aliphatic carbocycles. The highest BCUT2D eigenvalue weighted by Crippen LogP contribution is 2.15. The van der Waals surface area contributed by atoms with E-state index >= 15 is 0 Å². The summed E-state index contributed by atoms with van der Waals surface area (Å²) in [6.07, 6.45) is 2.39. The molecule has 0 rings (SSSR count). The highest BCUT2D eigenvalue weighted by Gasteiger charge is 2.22. The first kappa shape index (κ1) is 17.8. The Morgan fingerprint density at radius 2 is 1.67 bits per heavy atom. The van der Waals surface area contributed by atoms with Gasteiger partial charge in [-0.3, -0.25) is 4.90 Å². The molecule has 0 bridgehead atoms. The summed E-state index contributed by atoms with van der Waals surface area (Å²) in [6.45, 7) is 6.48. The van der Waals surface area contributed by atoms with Crippen molar-refractivity contribution in [2.75, 3.05) is 53.6 Å². The van der Waals surface area contributed by atoms with Crippen LogP contribution in [0.5, 0.6) is 0 Å². The Morgan fingerprint density at radius 3 is 2.06 bits per heavy atom. The Morgan fingerprint density at radius 1 is 1.11 bits per heavy atom. The van der Waals surface area contributed by atoms with Gasteiger partial charge in [0.25, 0.3) is 0 Å². The van der Waals surface area contributed by atoms with Crippen LogP contribution in [0.2, 0.25) is 0 Å². The lowest BCUT2D eigenvalue weighted by Gasteiger charge is -2.27. The fourth-order valence-corrected chi connectivity index (χ4v) is 1.83. The molecule has 1 atom stereocenters. The topological polar surface area (TPSA) is 68.0 Å². The molecule has 0 aromatic rings. The van der Waals surface area contributed by atoms with E-state index < -0.39 is 5.60 Å². The van der Waals surface area contributed by atoms with Gasteiger partial charge >= 0.3 is 0 Å². The zero-order valence-corrected chi connectivity index (χ0v) is 12.2. The molecule has 0 aromatic heterocycles. The van der Waals surface area contributed by atoms with Crippen molar-refractivity contribution in [1.29, 1.82) is 0 Å². The van der Waals surface area contributed by atoms with Crippen LogP contribution >= 0.6 is 0 Å². The average molecular weight is 262 g/mol. The summed E-state index contributed by atoms with van der Waals surface area (Å²) >= 11 is 0. The van der Waals surface area contributed by atoms with Crippen molar-refractivity contribution < 1.29 is 14.6 Å². The number of nitrogens with zero attached hydrogens (tertiary/aromatic N) is 1. The molecule has 0 radical (unpaired) electrons. The van der Waals surface area contributed by atoms with Gasteiger partial charge in [-0.25, -0.2) is 0 Å². The van der Waals surface area contributed by atoms with Gasteiger partial charge in [0.15, 0.2) is 0 Å². The van der Waals surface area contributed by atoms with Crippen LogP contribution in [-0.2, 0) is 9.47 Å². The third-order valence-electron chi connectivity index (χ3n) is 3.38. The highest BCUT2D eigenvalue weighted by molar-refractivity contribution is 4.78. The molecular weight excluding hydrogens is 232 g/mol. The summed E-state index contributed by atoms with van der Waals surface area (Å²) in [7, 11) is 3.41. The van der Waals surface area contributed by atoms with E-state index in [2.05, 4.69) is 4.90 Å². The zero-order chi connectivity index (χ0) is 13.9. The number of aliphatic hydroxyl groups is 1. The van der Waals surface area contributed by atoms with E-state index in [0.29, 0.717) is 13.0 Å². The lowest BCUT2D eigenvalue weighted by atomic mass is 9.95. The normalized spacial score (nSPS) is 15.0. The number of hydrogen-bond donors (Lipinski definition) is 2. The van der Waals surface area contributed by atoms with Crippen LogP contribution in [0.4, 0.5) is 0 Å².